The molecule has 1 heterocycles. The Morgan fingerprint density at radius 2 is 1.78 bits per heavy atom. The van der Waals surface area contributed by atoms with E-state index in [-0.39, 0.29) is 0 Å². The molecule has 2 nitrogen and oxygen atoms in total. The van der Waals surface area contributed by atoms with Crippen LogP contribution in [-0.2, 0) is 13.1 Å². The summed E-state index contributed by atoms with van der Waals surface area (Å²) in [6.45, 7) is 11.0. The summed E-state index contributed by atoms with van der Waals surface area (Å²) in [7, 11) is 0. The fourth-order valence-electron chi connectivity index (χ4n) is 2.12. The maximum absolute atomic E-state index is 5.72. The molecule has 0 saturated carbocycles. The fraction of sp³-hybridized carbons (Fsp3) is 0.733. The summed E-state index contributed by atoms with van der Waals surface area (Å²) in [4.78, 5) is 5.35. The van der Waals surface area contributed by atoms with Gasteiger partial charge in [-0.3, -0.25) is 4.90 Å². The predicted octanol–water partition coefficient (Wildman–Crippen LogP) is 3.92. The van der Waals surface area contributed by atoms with Gasteiger partial charge in [0.15, 0.2) is 0 Å². The van der Waals surface area contributed by atoms with Crippen LogP contribution >= 0.6 is 11.3 Å². The number of hydrogen-bond donors (Lipinski definition) is 1. The van der Waals surface area contributed by atoms with Gasteiger partial charge in [-0.05, 0) is 44.5 Å². The van der Waals surface area contributed by atoms with Crippen LogP contribution in [0.3, 0.4) is 0 Å². The van der Waals surface area contributed by atoms with Gasteiger partial charge in [0.2, 0.25) is 0 Å². The maximum atomic E-state index is 5.72. The molecule has 0 atom stereocenters. The quantitative estimate of drug-likeness (QED) is 0.735. The highest BCUT2D eigenvalue weighted by Gasteiger charge is 2.10. The molecule has 0 aliphatic heterocycles. The second kappa shape index (κ2) is 8.68. The Morgan fingerprint density at radius 3 is 2.22 bits per heavy atom. The van der Waals surface area contributed by atoms with Gasteiger partial charge in [0.1, 0.15) is 0 Å². The van der Waals surface area contributed by atoms with Crippen molar-refractivity contribution in [3.63, 3.8) is 0 Å². The molecule has 0 fully saturated rings. The van der Waals surface area contributed by atoms with Gasteiger partial charge in [0, 0.05) is 22.8 Å². The third kappa shape index (κ3) is 5.09. The Kier molecular flexibility index (Phi) is 7.56. The van der Waals surface area contributed by atoms with E-state index in [2.05, 4.69) is 31.7 Å². The van der Waals surface area contributed by atoms with E-state index in [1.54, 1.807) is 0 Å². The first-order chi connectivity index (χ1) is 8.71. The number of rotatable bonds is 9. The molecule has 0 saturated heterocycles. The predicted molar refractivity (Wildman–Crippen MR) is 82.0 cm³/mol. The second-order valence-electron chi connectivity index (χ2n) is 4.98. The molecule has 0 unspecified atom stereocenters. The summed E-state index contributed by atoms with van der Waals surface area (Å²) in [6.07, 6.45) is 5.16. The van der Waals surface area contributed by atoms with E-state index in [0.29, 0.717) is 6.54 Å². The van der Waals surface area contributed by atoms with Crippen LogP contribution in [0.4, 0.5) is 0 Å². The lowest BCUT2D eigenvalue weighted by atomic mass is 10.2. The molecule has 0 radical (unpaired) electrons. The van der Waals surface area contributed by atoms with Gasteiger partial charge in [-0.15, -0.1) is 11.3 Å². The minimum absolute atomic E-state index is 0.676. The van der Waals surface area contributed by atoms with E-state index in [4.69, 9.17) is 5.73 Å². The Balaban J connectivity index is 2.59. The van der Waals surface area contributed by atoms with Crippen LogP contribution in [0.25, 0.3) is 0 Å². The van der Waals surface area contributed by atoms with Gasteiger partial charge in [-0.1, -0.05) is 26.7 Å². The highest BCUT2D eigenvalue weighted by molar-refractivity contribution is 7.12. The van der Waals surface area contributed by atoms with Gasteiger partial charge < -0.3 is 5.73 Å². The Bertz CT molecular complexity index is 325. The van der Waals surface area contributed by atoms with Gasteiger partial charge >= 0.3 is 0 Å². The van der Waals surface area contributed by atoms with Gasteiger partial charge in [0.25, 0.3) is 0 Å². The first kappa shape index (κ1) is 15.7. The van der Waals surface area contributed by atoms with Crippen LogP contribution in [0, 0.1) is 6.92 Å². The number of unbranched alkanes of at least 4 members (excludes halogenated alkanes) is 2. The molecule has 2 N–H and O–H groups in total. The molecular formula is C15H28N2S. The minimum Gasteiger partial charge on any atom is -0.326 e. The van der Waals surface area contributed by atoms with E-state index in [0.717, 1.165) is 6.54 Å². The van der Waals surface area contributed by atoms with E-state index < -0.39 is 0 Å². The van der Waals surface area contributed by atoms with Crippen molar-refractivity contribution >= 4 is 11.3 Å². The average Bonchev–Trinajstić information content (AvgIpc) is 2.73. The normalized spacial score (nSPS) is 11.4. The molecule has 0 aromatic carbocycles. The van der Waals surface area contributed by atoms with Crippen molar-refractivity contribution in [3.8, 4) is 0 Å². The average molecular weight is 268 g/mol. The largest absolute Gasteiger partial charge is 0.326 e. The molecule has 0 aliphatic rings. The van der Waals surface area contributed by atoms with Crippen molar-refractivity contribution in [1.29, 1.82) is 0 Å². The fourth-order valence-corrected chi connectivity index (χ4v) is 3.05. The summed E-state index contributed by atoms with van der Waals surface area (Å²) in [5.74, 6) is 0. The summed E-state index contributed by atoms with van der Waals surface area (Å²) in [5, 5.41) is 0. The Morgan fingerprint density at radius 1 is 1.17 bits per heavy atom. The van der Waals surface area contributed by atoms with Crippen molar-refractivity contribution in [2.24, 2.45) is 5.73 Å². The van der Waals surface area contributed by atoms with Crippen molar-refractivity contribution in [1.82, 2.24) is 4.90 Å². The van der Waals surface area contributed by atoms with Crippen molar-refractivity contribution < 1.29 is 0 Å². The molecule has 18 heavy (non-hydrogen) atoms. The van der Waals surface area contributed by atoms with Crippen LogP contribution in [0.1, 0.15) is 54.8 Å². The topological polar surface area (TPSA) is 29.3 Å². The lowest BCUT2D eigenvalue weighted by molar-refractivity contribution is 0.257. The Hall–Kier alpha value is -0.380. The lowest BCUT2D eigenvalue weighted by Crippen LogP contribution is -2.25. The molecule has 3 heteroatoms. The highest BCUT2D eigenvalue weighted by Crippen LogP contribution is 2.22. The number of nitrogens with two attached hydrogens (primary N) is 1. The summed E-state index contributed by atoms with van der Waals surface area (Å²) < 4.78 is 0. The Labute approximate surface area is 116 Å². The number of hydrogen-bond acceptors (Lipinski definition) is 3. The maximum Gasteiger partial charge on any atom is 0.0274 e. The van der Waals surface area contributed by atoms with Gasteiger partial charge in [0.05, 0.1) is 0 Å². The summed E-state index contributed by atoms with van der Waals surface area (Å²) in [5.41, 5.74) is 7.20. The molecule has 104 valence electrons. The summed E-state index contributed by atoms with van der Waals surface area (Å²) >= 11 is 1.85. The van der Waals surface area contributed by atoms with Crippen LogP contribution in [0.5, 0.6) is 0 Å². The lowest BCUT2D eigenvalue weighted by Gasteiger charge is -2.21. The van der Waals surface area contributed by atoms with Crippen LogP contribution in [-0.4, -0.2) is 18.0 Å². The zero-order chi connectivity index (χ0) is 13.4. The number of thiophene rings is 1. The standard InChI is InChI=1S/C15H28N2S/c1-4-6-8-17(9-7-5-2)12-14-10-15(11-16)18-13(14)3/h10H,4-9,11-12,16H2,1-3H3. The molecule has 0 amide bonds. The van der Waals surface area contributed by atoms with Crippen molar-refractivity contribution in [2.45, 2.75) is 59.5 Å². The highest BCUT2D eigenvalue weighted by atomic mass is 32.1. The molecule has 1 aromatic heterocycles. The van der Waals surface area contributed by atoms with Crippen molar-refractivity contribution in [3.05, 3.63) is 21.4 Å². The van der Waals surface area contributed by atoms with Gasteiger partial charge in [-0.25, -0.2) is 0 Å². The SMILES string of the molecule is CCCCN(CCCC)Cc1cc(CN)sc1C. The number of nitrogens with zero attached hydrogens (tertiary/aromatic N) is 1. The van der Waals surface area contributed by atoms with E-state index in [1.165, 1.54) is 54.1 Å². The molecule has 1 aromatic rings. The molecule has 1 rings (SSSR count). The van der Waals surface area contributed by atoms with Gasteiger partial charge in [-0.2, -0.15) is 0 Å². The summed E-state index contributed by atoms with van der Waals surface area (Å²) in [6, 6.07) is 2.30. The molecule has 0 aliphatic carbocycles. The van der Waals surface area contributed by atoms with Crippen LogP contribution in [0.15, 0.2) is 6.07 Å². The second-order valence-corrected chi connectivity index (χ2v) is 6.32. The third-order valence-corrected chi connectivity index (χ3v) is 4.44. The zero-order valence-corrected chi connectivity index (χ0v) is 13.0. The molecule has 0 bridgehead atoms. The van der Waals surface area contributed by atoms with Crippen LogP contribution < -0.4 is 5.73 Å². The first-order valence-corrected chi connectivity index (χ1v) is 8.03. The smallest absolute Gasteiger partial charge is 0.0274 e. The minimum atomic E-state index is 0.676. The van der Waals surface area contributed by atoms with Crippen LogP contribution in [0.2, 0.25) is 0 Å². The zero-order valence-electron chi connectivity index (χ0n) is 12.2. The van der Waals surface area contributed by atoms with Crippen molar-refractivity contribution in [2.75, 3.05) is 13.1 Å². The number of aryl methyl sites for hydroxylation is 1. The van der Waals surface area contributed by atoms with E-state index in [9.17, 15) is 0 Å². The van der Waals surface area contributed by atoms with E-state index >= 15 is 0 Å². The molecule has 0 spiro atoms. The monoisotopic (exact) mass is 268 g/mol. The first-order valence-electron chi connectivity index (χ1n) is 7.21. The third-order valence-electron chi connectivity index (χ3n) is 3.32. The van der Waals surface area contributed by atoms with E-state index in [1.807, 2.05) is 11.3 Å². The molecular weight excluding hydrogens is 240 g/mol.